The van der Waals surface area contributed by atoms with Crippen molar-refractivity contribution in [2.75, 3.05) is 7.11 Å². The molecule has 1 aromatic heterocycles. The second-order valence-corrected chi connectivity index (χ2v) is 5.72. The molecule has 2 rings (SSSR count). The zero-order valence-electron chi connectivity index (χ0n) is 12.0. The first-order chi connectivity index (χ1) is 9.93. The van der Waals surface area contributed by atoms with Crippen LogP contribution in [0.1, 0.15) is 17.0 Å². The highest BCUT2D eigenvalue weighted by molar-refractivity contribution is 9.10. The summed E-state index contributed by atoms with van der Waals surface area (Å²) < 4.78 is 13.9. The Bertz CT molecular complexity index is 685. The minimum absolute atomic E-state index is 0.324. The van der Waals surface area contributed by atoms with Crippen molar-refractivity contribution in [3.8, 4) is 11.5 Å². The van der Waals surface area contributed by atoms with Gasteiger partial charge in [0.1, 0.15) is 11.6 Å². The summed E-state index contributed by atoms with van der Waals surface area (Å²) in [6, 6.07) is 5.37. The van der Waals surface area contributed by atoms with E-state index in [0.29, 0.717) is 23.1 Å². The highest BCUT2D eigenvalue weighted by atomic mass is 79.9. The molecule has 0 fully saturated rings. The number of thiocarbonyl (C=S) groups is 1. The van der Waals surface area contributed by atoms with Gasteiger partial charge in [-0.15, -0.1) is 0 Å². The van der Waals surface area contributed by atoms with Gasteiger partial charge in [-0.3, -0.25) is 4.68 Å². The molecule has 0 bridgehead atoms. The van der Waals surface area contributed by atoms with Crippen LogP contribution >= 0.6 is 28.1 Å². The predicted molar refractivity (Wildman–Crippen MR) is 88.9 cm³/mol. The van der Waals surface area contributed by atoms with Gasteiger partial charge >= 0.3 is 0 Å². The van der Waals surface area contributed by atoms with E-state index >= 15 is 0 Å². The maximum Gasteiger partial charge on any atom is 0.161 e. The van der Waals surface area contributed by atoms with Gasteiger partial charge in [-0.25, -0.2) is 0 Å². The monoisotopic (exact) mass is 369 g/mol. The van der Waals surface area contributed by atoms with E-state index in [1.807, 2.05) is 20.0 Å². The molecule has 0 spiro atoms. The third-order valence-electron chi connectivity index (χ3n) is 3.07. The van der Waals surface area contributed by atoms with Crippen LogP contribution in [0.3, 0.4) is 0 Å². The Morgan fingerprint density at radius 1 is 1.43 bits per heavy atom. The number of ether oxygens (including phenoxy) is 2. The highest BCUT2D eigenvalue weighted by Crippen LogP contribution is 2.30. The van der Waals surface area contributed by atoms with Gasteiger partial charge < -0.3 is 15.2 Å². The topological polar surface area (TPSA) is 62.3 Å². The van der Waals surface area contributed by atoms with Gasteiger partial charge in [0.25, 0.3) is 0 Å². The Balaban J connectivity index is 2.22. The number of hydrogen-bond acceptors (Lipinski definition) is 4. The fraction of sp³-hybridized carbons (Fsp3) is 0.286. The number of rotatable bonds is 5. The van der Waals surface area contributed by atoms with Gasteiger partial charge in [0.2, 0.25) is 0 Å². The van der Waals surface area contributed by atoms with Crippen LogP contribution in [0, 0.1) is 6.92 Å². The molecule has 0 aliphatic heterocycles. The van der Waals surface area contributed by atoms with E-state index in [1.165, 1.54) is 0 Å². The lowest BCUT2D eigenvalue weighted by Crippen LogP contribution is -2.10. The molecule has 0 aliphatic rings. The minimum atomic E-state index is 0.324. The summed E-state index contributed by atoms with van der Waals surface area (Å²) in [6.45, 7) is 2.31. The average molecular weight is 370 g/mol. The number of nitrogens with zero attached hydrogens (tertiary/aromatic N) is 2. The quantitative estimate of drug-likeness (QED) is 0.820. The number of halogens is 1. The molecule has 21 heavy (non-hydrogen) atoms. The number of aromatic nitrogens is 2. The minimum Gasteiger partial charge on any atom is -0.493 e. The van der Waals surface area contributed by atoms with Crippen molar-refractivity contribution in [3.05, 3.63) is 39.6 Å². The van der Waals surface area contributed by atoms with E-state index in [4.69, 9.17) is 27.4 Å². The van der Waals surface area contributed by atoms with Crippen molar-refractivity contribution in [1.29, 1.82) is 0 Å². The van der Waals surface area contributed by atoms with Crippen LogP contribution in [0.2, 0.25) is 0 Å². The summed E-state index contributed by atoms with van der Waals surface area (Å²) in [5, 5.41) is 4.33. The third kappa shape index (κ3) is 3.36. The molecular weight excluding hydrogens is 354 g/mol. The normalized spacial score (nSPS) is 10.5. The fourth-order valence-electron chi connectivity index (χ4n) is 1.92. The summed E-state index contributed by atoms with van der Waals surface area (Å²) >= 11 is 8.47. The lowest BCUT2D eigenvalue weighted by molar-refractivity contribution is 0.275. The van der Waals surface area contributed by atoms with E-state index in [-0.39, 0.29) is 0 Å². The maximum absolute atomic E-state index is 5.82. The molecule has 7 heteroatoms. The second-order valence-electron chi connectivity index (χ2n) is 4.49. The lowest BCUT2D eigenvalue weighted by Gasteiger charge is -2.12. The molecule has 0 saturated heterocycles. The molecule has 0 amide bonds. The molecule has 112 valence electrons. The van der Waals surface area contributed by atoms with Crippen LogP contribution in [-0.4, -0.2) is 21.9 Å². The molecule has 1 heterocycles. The largest absolute Gasteiger partial charge is 0.493 e. The molecule has 2 N–H and O–H groups in total. The zero-order chi connectivity index (χ0) is 15.6. The molecule has 0 aliphatic carbocycles. The summed E-state index contributed by atoms with van der Waals surface area (Å²) in [5.41, 5.74) is 8.23. The lowest BCUT2D eigenvalue weighted by atomic mass is 10.2. The number of benzene rings is 1. The molecule has 2 aromatic rings. The zero-order valence-corrected chi connectivity index (χ0v) is 14.4. The van der Waals surface area contributed by atoms with E-state index in [9.17, 15) is 0 Å². The molecule has 0 unspecified atom stereocenters. The Morgan fingerprint density at radius 3 is 2.67 bits per heavy atom. The Hall–Kier alpha value is -1.60. The van der Waals surface area contributed by atoms with Crippen LogP contribution in [0.4, 0.5) is 0 Å². The van der Waals surface area contributed by atoms with E-state index in [0.717, 1.165) is 21.4 Å². The van der Waals surface area contributed by atoms with E-state index in [1.54, 1.807) is 23.9 Å². The third-order valence-corrected chi connectivity index (χ3v) is 4.34. The molecule has 5 nitrogen and oxygen atoms in total. The molecule has 1 aromatic carbocycles. The first kappa shape index (κ1) is 15.8. The van der Waals surface area contributed by atoms with Crippen LogP contribution in [0.25, 0.3) is 0 Å². The first-order valence-electron chi connectivity index (χ1n) is 6.22. The summed E-state index contributed by atoms with van der Waals surface area (Å²) in [6.07, 6.45) is 0. The van der Waals surface area contributed by atoms with Crippen LogP contribution < -0.4 is 15.2 Å². The van der Waals surface area contributed by atoms with Crippen molar-refractivity contribution in [1.82, 2.24) is 9.78 Å². The van der Waals surface area contributed by atoms with Gasteiger partial charge in [-0.1, -0.05) is 12.2 Å². The smallest absolute Gasteiger partial charge is 0.161 e. The van der Waals surface area contributed by atoms with Gasteiger partial charge in [-0.2, -0.15) is 5.10 Å². The maximum atomic E-state index is 5.82. The van der Waals surface area contributed by atoms with Gasteiger partial charge in [0.05, 0.1) is 23.0 Å². The van der Waals surface area contributed by atoms with Crippen molar-refractivity contribution < 1.29 is 9.47 Å². The standard InChI is InChI=1S/C14H16BrN3O2S/c1-8-13(15)10(18(2)17-8)7-20-11-5-4-9(14(16)21)6-12(11)19-3/h4-6H,7H2,1-3H3,(H2,16,21). The second kappa shape index (κ2) is 6.44. The van der Waals surface area contributed by atoms with Crippen molar-refractivity contribution in [2.45, 2.75) is 13.5 Å². The SMILES string of the molecule is COc1cc(C(N)=S)ccc1OCc1c(Br)c(C)nn1C. The van der Waals surface area contributed by atoms with Crippen molar-refractivity contribution in [3.63, 3.8) is 0 Å². The van der Waals surface area contributed by atoms with Crippen LogP contribution in [0.5, 0.6) is 11.5 Å². The summed E-state index contributed by atoms with van der Waals surface area (Å²) in [5.74, 6) is 1.22. The highest BCUT2D eigenvalue weighted by Gasteiger charge is 2.13. The number of hydrogen-bond donors (Lipinski definition) is 1. The van der Waals surface area contributed by atoms with Crippen LogP contribution in [-0.2, 0) is 13.7 Å². The van der Waals surface area contributed by atoms with Gasteiger partial charge in [0.15, 0.2) is 11.5 Å². The summed E-state index contributed by atoms with van der Waals surface area (Å²) in [4.78, 5) is 0.324. The Kier molecular flexibility index (Phi) is 4.84. The molecule has 0 atom stereocenters. The van der Waals surface area contributed by atoms with E-state index in [2.05, 4.69) is 21.0 Å². The fourth-order valence-corrected chi connectivity index (χ4v) is 2.50. The molecule has 0 saturated carbocycles. The van der Waals surface area contributed by atoms with Gasteiger partial charge in [-0.05, 0) is 41.1 Å². The van der Waals surface area contributed by atoms with Crippen molar-refractivity contribution in [2.24, 2.45) is 12.8 Å². The molecule has 0 radical (unpaired) electrons. The van der Waals surface area contributed by atoms with Crippen LogP contribution in [0.15, 0.2) is 22.7 Å². The Labute approximate surface area is 137 Å². The van der Waals surface area contributed by atoms with Crippen molar-refractivity contribution >= 4 is 33.1 Å². The summed E-state index contributed by atoms with van der Waals surface area (Å²) in [7, 11) is 3.46. The predicted octanol–water partition coefficient (Wildman–Crippen LogP) is 2.71. The number of nitrogens with two attached hydrogens (primary N) is 1. The molecular formula is C14H16BrN3O2S. The Morgan fingerprint density at radius 2 is 2.14 bits per heavy atom. The average Bonchev–Trinajstić information content (AvgIpc) is 2.70. The number of methoxy groups -OCH3 is 1. The van der Waals surface area contributed by atoms with E-state index < -0.39 is 0 Å². The van der Waals surface area contributed by atoms with Gasteiger partial charge in [0, 0.05) is 12.6 Å². The first-order valence-corrected chi connectivity index (χ1v) is 7.42. The number of aryl methyl sites for hydroxylation is 2.